The smallest absolute Gasteiger partial charge is 0.267 e. The van der Waals surface area contributed by atoms with E-state index in [1.165, 1.54) is 6.26 Å². The van der Waals surface area contributed by atoms with Crippen molar-refractivity contribution in [2.75, 3.05) is 13.2 Å². The first kappa shape index (κ1) is 11.8. The summed E-state index contributed by atoms with van der Waals surface area (Å²) in [5, 5.41) is 2.77. The molecule has 0 fully saturated rings. The van der Waals surface area contributed by atoms with Gasteiger partial charge in [-0.15, -0.1) is 0 Å². The van der Waals surface area contributed by atoms with Gasteiger partial charge in [0.05, 0.1) is 12.9 Å². The summed E-state index contributed by atoms with van der Waals surface area (Å²) in [5.74, 6) is -0.112. The van der Waals surface area contributed by atoms with Crippen LogP contribution in [-0.4, -0.2) is 24.0 Å². The highest BCUT2D eigenvalue weighted by atomic mass is 79.9. The van der Waals surface area contributed by atoms with Gasteiger partial charge in [-0.25, -0.2) is 0 Å². The largest absolute Gasteiger partial charge is 0.502 e. The van der Waals surface area contributed by atoms with Gasteiger partial charge in [-0.05, 0) is 28.4 Å². The number of nitrogens with one attached hydrogen (secondary N) is 2. The predicted molar refractivity (Wildman–Crippen MR) is 61.6 cm³/mol. The lowest BCUT2D eigenvalue weighted by Gasteiger charge is -2.03. The van der Waals surface area contributed by atoms with Crippen molar-refractivity contribution < 1.29 is 9.53 Å². The first-order chi connectivity index (χ1) is 7.24. The zero-order chi connectivity index (χ0) is 11.1. The molecule has 0 bridgehead atoms. The predicted octanol–water partition coefficient (Wildman–Crippen LogP) is 2.06. The molecule has 1 heterocycles. The number of hydrogen-bond donors (Lipinski definition) is 2. The van der Waals surface area contributed by atoms with Crippen molar-refractivity contribution in [2.45, 2.75) is 6.42 Å². The van der Waals surface area contributed by atoms with Gasteiger partial charge < -0.3 is 15.0 Å². The summed E-state index contributed by atoms with van der Waals surface area (Å²) >= 11 is 3.26. The number of amides is 1. The fourth-order valence-electron chi connectivity index (χ4n) is 1.03. The van der Waals surface area contributed by atoms with Crippen molar-refractivity contribution in [2.24, 2.45) is 0 Å². The summed E-state index contributed by atoms with van der Waals surface area (Å²) in [5.41, 5.74) is 0.548. The fraction of sp³-hybridized carbons (Fsp3) is 0.300. The van der Waals surface area contributed by atoms with Crippen molar-refractivity contribution in [3.05, 3.63) is 35.3 Å². The van der Waals surface area contributed by atoms with Crippen LogP contribution in [0.4, 0.5) is 0 Å². The normalized spacial score (nSPS) is 9.67. The molecule has 0 atom stereocenters. The molecule has 1 rings (SSSR count). The Kier molecular flexibility index (Phi) is 4.97. The third-order valence-electron chi connectivity index (χ3n) is 1.73. The number of carbonyl (C=O) groups is 1. The second-order valence-corrected chi connectivity index (χ2v) is 3.79. The van der Waals surface area contributed by atoms with Crippen LogP contribution in [0, 0.1) is 0 Å². The zero-order valence-electron chi connectivity index (χ0n) is 8.25. The van der Waals surface area contributed by atoms with Crippen LogP contribution in [0.3, 0.4) is 0 Å². The number of rotatable bonds is 6. The quantitative estimate of drug-likeness (QED) is 0.615. The summed E-state index contributed by atoms with van der Waals surface area (Å²) < 4.78 is 5.79. The van der Waals surface area contributed by atoms with Crippen LogP contribution in [0.15, 0.2) is 29.6 Å². The highest BCUT2D eigenvalue weighted by molar-refractivity contribution is 9.10. The Morgan fingerprint density at radius 2 is 2.53 bits per heavy atom. The summed E-state index contributed by atoms with van der Waals surface area (Å²) in [6.07, 6.45) is 3.87. The minimum atomic E-state index is -0.112. The summed E-state index contributed by atoms with van der Waals surface area (Å²) in [6.45, 7) is 4.58. The molecule has 1 aromatic rings. The average Bonchev–Trinajstić information content (AvgIpc) is 2.64. The molecule has 0 spiro atoms. The molecule has 5 heteroatoms. The van der Waals surface area contributed by atoms with Gasteiger partial charge in [0, 0.05) is 17.2 Å². The topological polar surface area (TPSA) is 54.1 Å². The molecule has 15 heavy (non-hydrogen) atoms. The third-order valence-corrected chi connectivity index (χ3v) is 2.19. The Balaban J connectivity index is 2.22. The van der Waals surface area contributed by atoms with Crippen LogP contribution in [0.2, 0.25) is 0 Å². The minimum Gasteiger partial charge on any atom is -0.502 e. The number of carbonyl (C=O) groups excluding carboxylic acids is 1. The molecular weight excluding hydrogens is 260 g/mol. The van der Waals surface area contributed by atoms with E-state index in [2.05, 4.69) is 32.8 Å². The van der Waals surface area contributed by atoms with Crippen molar-refractivity contribution in [3.8, 4) is 0 Å². The standard InChI is InChI=1S/C10H13BrN2O2/c1-2-15-5-3-4-12-10(14)9-6-8(11)7-13-9/h2,6-7,13H,1,3-5H2,(H,12,14). The van der Waals surface area contributed by atoms with Crippen LogP contribution in [0.1, 0.15) is 16.9 Å². The maximum Gasteiger partial charge on any atom is 0.267 e. The lowest BCUT2D eigenvalue weighted by atomic mass is 10.4. The number of aromatic nitrogens is 1. The van der Waals surface area contributed by atoms with Gasteiger partial charge in [0.1, 0.15) is 5.69 Å². The molecule has 1 aromatic heterocycles. The van der Waals surface area contributed by atoms with Crippen LogP contribution in [0.5, 0.6) is 0 Å². The maximum atomic E-state index is 11.5. The highest BCUT2D eigenvalue weighted by Gasteiger charge is 2.06. The van der Waals surface area contributed by atoms with Crippen molar-refractivity contribution in [3.63, 3.8) is 0 Å². The minimum absolute atomic E-state index is 0.112. The zero-order valence-corrected chi connectivity index (χ0v) is 9.84. The number of hydrogen-bond acceptors (Lipinski definition) is 2. The first-order valence-corrected chi connectivity index (χ1v) is 5.38. The summed E-state index contributed by atoms with van der Waals surface area (Å²) in [7, 11) is 0. The SMILES string of the molecule is C=COCCCNC(=O)c1cc(Br)c[nH]1. The third kappa shape index (κ3) is 4.20. The van der Waals surface area contributed by atoms with Gasteiger partial charge >= 0.3 is 0 Å². The van der Waals surface area contributed by atoms with E-state index >= 15 is 0 Å². The second kappa shape index (κ2) is 6.29. The molecule has 4 nitrogen and oxygen atoms in total. The van der Waals surface area contributed by atoms with E-state index in [1.54, 1.807) is 12.3 Å². The van der Waals surface area contributed by atoms with Gasteiger partial charge in [-0.1, -0.05) is 6.58 Å². The molecule has 0 aliphatic rings. The molecule has 0 unspecified atom stereocenters. The number of aromatic amines is 1. The molecule has 0 aliphatic heterocycles. The van der Waals surface area contributed by atoms with Crippen molar-refractivity contribution in [1.29, 1.82) is 0 Å². The molecule has 0 aliphatic carbocycles. The lowest BCUT2D eigenvalue weighted by Crippen LogP contribution is -2.25. The number of H-pyrrole nitrogens is 1. The first-order valence-electron chi connectivity index (χ1n) is 4.58. The van der Waals surface area contributed by atoms with Crippen LogP contribution in [-0.2, 0) is 4.74 Å². The van der Waals surface area contributed by atoms with Gasteiger partial charge in [-0.3, -0.25) is 4.79 Å². The Morgan fingerprint density at radius 3 is 3.13 bits per heavy atom. The van der Waals surface area contributed by atoms with E-state index in [0.29, 0.717) is 18.8 Å². The van der Waals surface area contributed by atoms with E-state index in [0.717, 1.165) is 10.9 Å². The van der Waals surface area contributed by atoms with E-state index in [9.17, 15) is 4.79 Å². The summed E-state index contributed by atoms with van der Waals surface area (Å²) in [4.78, 5) is 14.3. The van der Waals surface area contributed by atoms with Gasteiger partial charge in [-0.2, -0.15) is 0 Å². The Morgan fingerprint density at radius 1 is 1.73 bits per heavy atom. The van der Waals surface area contributed by atoms with Crippen molar-refractivity contribution >= 4 is 21.8 Å². The second-order valence-electron chi connectivity index (χ2n) is 2.88. The van der Waals surface area contributed by atoms with E-state index < -0.39 is 0 Å². The molecule has 0 saturated heterocycles. The van der Waals surface area contributed by atoms with E-state index in [1.807, 2.05) is 0 Å². The lowest BCUT2D eigenvalue weighted by molar-refractivity contribution is 0.0946. The highest BCUT2D eigenvalue weighted by Crippen LogP contribution is 2.10. The molecule has 0 saturated carbocycles. The summed E-state index contributed by atoms with van der Waals surface area (Å²) in [6, 6.07) is 1.73. The number of halogens is 1. The Bertz CT molecular complexity index is 336. The molecule has 1 amide bonds. The Labute approximate surface area is 96.8 Å². The number of ether oxygens (including phenoxy) is 1. The molecule has 82 valence electrons. The monoisotopic (exact) mass is 272 g/mol. The van der Waals surface area contributed by atoms with Gasteiger partial charge in [0.15, 0.2) is 0 Å². The molecule has 2 N–H and O–H groups in total. The van der Waals surface area contributed by atoms with Crippen LogP contribution in [0.25, 0.3) is 0 Å². The van der Waals surface area contributed by atoms with Crippen LogP contribution < -0.4 is 5.32 Å². The Hall–Kier alpha value is -1.23. The van der Waals surface area contributed by atoms with Gasteiger partial charge in [0.2, 0.25) is 0 Å². The molecule has 0 aromatic carbocycles. The molecule has 0 radical (unpaired) electrons. The van der Waals surface area contributed by atoms with E-state index in [4.69, 9.17) is 4.74 Å². The van der Waals surface area contributed by atoms with Gasteiger partial charge in [0.25, 0.3) is 5.91 Å². The fourth-order valence-corrected chi connectivity index (χ4v) is 1.38. The van der Waals surface area contributed by atoms with E-state index in [-0.39, 0.29) is 5.91 Å². The van der Waals surface area contributed by atoms with Crippen LogP contribution >= 0.6 is 15.9 Å². The van der Waals surface area contributed by atoms with Crippen molar-refractivity contribution in [1.82, 2.24) is 10.3 Å². The maximum absolute atomic E-state index is 11.5. The molecular formula is C10H13BrN2O2. The average molecular weight is 273 g/mol.